The molecule has 1 atom stereocenters. The number of ether oxygens (including phenoxy) is 2. The van der Waals surface area contributed by atoms with Crippen molar-refractivity contribution >= 4 is 12.4 Å². The predicted octanol–water partition coefficient (Wildman–Crippen LogP) is 3.13. The number of halogens is 1. The fraction of sp³-hybridized carbons (Fsp3) is 0.667. The Balaban J connectivity index is 0.00000200. The Bertz CT molecular complexity index is 399. The summed E-state index contributed by atoms with van der Waals surface area (Å²) >= 11 is 0. The summed E-state index contributed by atoms with van der Waals surface area (Å²) in [6.45, 7) is 3.20. The van der Waals surface area contributed by atoms with E-state index in [1.165, 1.54) is 24.9 Å². The number of hydrogen-bond acceptors (Lipinski definition) is 4. The second-order valence-corrected chi connectivity index (χ2v) is 5.13. The van der Waals surface area contributed by atoms with Crippen LogP contribution in [0.25, 0.3) is 0 Å². The van der Waals surface area contributed by atoms with E-state index >= 15 is 0 Å². The molecule has 1 fully saturated rings. The highest BCUT2D eigenvalue weighted by Crippen LogP contribution is 2.32. The zero-order valence-corrected chi connectivity index (χ0v) is 13.6. The molecule has 4 nitrogen and oxygen atoms in total. The third-order valence-electron chi connectivity index (χ3n) is 4.21. The van der Waals surface area contributed by atoms with Crippen molar-refractivity contribution in [1.29, 1.82) is 0 Å². The van der Waals surface area contributed by atoms with Crippen molar-refractivity contribution in [3.8, 4) is 0 Å². The van der Waals surface area contributed by atoms with E-state index in [0.29, 0.717) is 6.04 Å². The number of hydrogen-bond donors (Lipinski definition) is 0. The molecule has 1 unspecified atom stereocenters. The van der Waals surface area contributed by atoms with Crippen molar-refractivity contribution < 1.29 is 9.47 Å². The van der Waals surface area contributed by atoms with E-state index in [9.17, 15) is 0 Å². The zero-order valence-electron chi connectivity index (χ0n) is 12.8. The highest BCUT2D eigenvalue weighted by atomic mass is 35.5. The summed E-state index contributed by atoms with van der Waals surface area (Å²) < 4.78 is 11.0. The van der Waals surface area contributed by atoms with Gasteiger partial charge in [-0.25, -0.2) is 0 Å². The van der Waals surface area contributed by atoms with Gasteiger partial charge in [-0.05, 0) is 38.1 Å². The lowest BCUT2D eigenvalue weighted by atomic mass is 10.0. The van der Waals surface area contributed by atoms with Gasteiger partial charge in [-0.3, -0.25) is 9.88 Å². The van der Waals surface area contributed by atoms with Crippen LogP contribution in [-0.2, 0) is 15.3 Å². The van der Waals surface area contributed by atoms with Gasteiger partial charge in [0.25, 0.3) is 0 Å². The van der Waals surface area contributed by atoms with E-state index in [-0.39, 0.29) is 12.4 Å². The molecule has 0 saturated carbocycles. The lowest BCUT2D eigenvalue weighted by Gasteiger charge is -2.29. The maximum atomic E-state index is 5.51. The van der Waals surface area contributed by atoms with Gasteiger partial charge in [0.2, 0.25) is 5.79 Å². The normalized spacial score (nSPS) is 19.9. The molecule has 1 aromatic rings. The Labute approximate surface area is 127 Å². The Hall–Kier alpha value is -0.680. The summed E-state index contributed by atoms with van der Waals surface area (Å²) in [4.78, 5) is 6.95. The van der Waals surface area contributed by atoms with Gasteiger partial charge in [0.1, 0.15) is 0 Å². The highest BCUT2D eigenvalue weighted by molar-refractivity contribution is 5.85. The molecular formula is C15H25ClN2O2. The van der Waals surface area contributed by atoms with Crippen LogP contribution in [0.3, 0.4) is 0 Å². The second-order valence-electron chi connectivity index (χ2n) is 5.13. The molecule has 2 rings (SSSR count). The molecule has 0 radical (unpaired) electrons. The monoisotopic (exact) mass is 300 g/mol. The van der Waals surface area contributed by atoms with E-state index in [1.54, 1.807) is 14.2 Å². The average Bonchev–Trinajstić information content (AvgIpc) is 2.88. The van der Waals surface area contributed by atoms with Crippen molar-refractivity contribution in [1.82, 2.24) is 9.88 Å². The summed E-state index contributed by atoms with van der Waals surface area (Å²) in [6, 6.07) is 4.68. The predicted molar refractivity (Wildman–Crippen MR) is 82.1 cm³/mol. The molecule has 0 N–H and O–H groups in total. The lowest BCUT2D eigenvalue weighted by molar-refractivity contribution is -0.220. The Kier molecular flexibility index (Phi) is 6.40. The highest BCUT2D eigenvalue weighted by Gasteiger charge is 2.32. The largest absolute Gasteiger partial charge is 0.348 e. The van der Waals surface area contributed by atoms with Gasteiger partial charge < -0.3 is 9.47 Å². The van der Waals surface area contributed by atoms with Crippen LogP contribution in [-0.4, -0.2) is 37.7 Å². The summed E-state index contributed by atoms with van der Waals surface area (Å²) in [7, 11) is 5.49. The first-order valence-electron chi connectivity index (χ1n) is 6.94. The molecule has 20 heavy (non-hydrogen) atoms. The van der Waals surface area contributed by atoms with Crippen molar-refractivity contribution in [3.63, 3.8) is 0 Å². The third-order valence-corrected chi connectivity index (χ3v) is 4.21. The van der Waals surface area contributed by atoms with Crippen LogP contribution in [0.2, 0.25) is 0 Å². The van der Waals surface area contributed by atoms with Crippen molar-refractivity contribution in [2.45, 2.75) is 38.0 Å². The lowest BCUT2D eigenvalue weighted by Crippen LogP contribution is -2.31. The van der Waals surface area contributed by atoms with Crippen LogP contribution in [0, 0.1) is 0 Å². The van der Waals surface area contributed by atoms with Crippen molar-refractivity contribution in [2.75, 3.05) is 27.8 Å². The van der Waals surface area contributed by atoms with Crippen LogP contribution in [0.5, 0.6) is 0 Å². The van der Waals surface area contributed by atoms with Crippen LogP contribution >= 0.6 is 12.4 Å². The summed E-state index contributed by atoms with van der Waals surface area (Å²) in [5.74, 6) is -0.722. The number of rotatable bonds is 5. The average molecular weight is 301 g/mol. The topological polar surface area (TPSA) is 34.6 Å². The van der Waals surface area contributed by atoms with Crippen LogP contribution in [0.15, 0.2) is 18.3 Å². The van der Waals surface area contributed by atoms with Gasteiger partial charge >= 0.3 is 0 Å². The molecule has 5 heteroatoms. The smallest absolute Gasteiger partial charge is 0.211 e. The Morgan fingerprint density at radius 2 is 2.05 bits per heavy atom. The van der Waals surface area contributed by atoms with E-state index in [1.807, 2.05) is 19.2 Å². The van der Waals surface area contributed by atoms with Crippen molar-refractivity contribution in [3.05, 3.63) is 29.6 Å². The zero-order chi connectivity index (χ0) is 13.9. The molecule has 1 saturated heterocycles. The number of likely N-dealkylation sites (tertiary alicyclic amines) is 1. The Morgan fingerprint density at radius 1 is 1.35 bits per heavy atom. The van der Waals surface area contributed by atoms with Gasteiger partial charge in [-0.1, -0.05) is 13.0 Å². The molecule has 0 aliphatic carbocycles. The van der Waals surface area contributed by atoms with Crippen LogP contribution in [0.1, 0.15) is 43.5 Å². The minimum atomic E-state index is -0.722. The van der Waals surface area contributed by atoms with Gasteiger partial charge in [0.15, 0.2) is 0 Å². The minimum absolute atomic E-state index is 0. The van der Waals surface area contributed by atoms with Crippen LogP contribution in [0.4, 0.5) is 0 Å². The van der Waals surface area contributed by atoms with E-state index in [0.717, 1.165) is 12.1 Å². The maximum Gasteiger partial charge on any atom is 0.211 e. The molecule has 1 aromatic heterocycles. The fourth-order valence-corrected chi connectivity index (χ4v) is 2.92. The first kappa shape index (κ1) is 17.4. The molecular weight excluding hydrogens is 276 g/mol. The minimum Gasteiger partial charge on any atom is -0.348 e. The van der Waals surface area contributed by atoms with Crippen molar-refractivity contribution in [2.24, 2.45) is 0 Å². The summed E-state index contributed by atoms with van der Waals surface area (Å²) in [5, 5.41) is 0. The molecule has 1 aliphatic heterocycles. The molecule has 0 bridgehead atoms. The summed E-state index contributed by atoms with van der Waals surface area (Å²) in [6.07, 6.45) is 5.17. The standard InChI is InChI=1S/C15H24N2O2.ClH/c1-5-15(18-3,19-4)14-9-8-12(11-16-14)13-7-6-10-17(13)2;/h8-9,11,13H,5-7,10H2,1-4H3;1H. The van der Waals surface area contributed by atoms with Crippen LogP contribution < -0.4 is 0 Å². The summed E-state index contributed by atoms with van der Waals surface area (Å²) in [5.41, 5.74) is 2.12. The first-order valence-corrected chi connectivity index (χ1v) is 6.94. The van der Waals surface area contributed by atoms with E-state index < -0.39 is 5.79 Å². The number of nitrogens with zero attached hydrogens (tertiary/aromatic N) is 2. The Morgan fingerprint density at radius 3 is 2.45 bits per heavy atom. The molecule has 1 aliphatic rings. The van der Waals surface area contributed by atoms with Gasteiger partial charge in [0, 0.05) is 32.9 Å². The van der Waals surface area contributed by atoms with Gasteiger partial charge in [0.05, 0.1) is 5.69 Å². The number of pyridine rings is 1. The number of methoxy groups -OCH3 is 2. The SMILES string of the molecule is CCC(OC)(OC)c1ccc(C2CCCN2C)cn1.Cl. The van der Waals surface area contributed by atoms with Gasteiger partial charge in [-0.2, -0.15) is 0 Å². The molecule has 0 amide bonds. The number of aromatic nitrogens is 1. The first-order chi connectivity index (χ1) is 9.16. The quantitative estimate of drug-likeness (QED) is 0.783. The van der Waals surface area contributed by atoms with E-state index in [4.69, 9.17) is 9.47 Å². The van der Waals surface area contributed by atoms with Gasteiger partial charge in [-0.15, -0.1) is 12.4 Å². The van der Waals surface area contributed by atoms with E-state index in [2.05, 4.69) is 23.0 Å². The molecule has 0 aromatic carbocycles. The third kappa shape index (κ3) is 3.14. The molecule has 114 valence electrons. The molecule has 2 heterocycles. The second kappa shape index (κ2) is 7.36. The molecule has 0 spiro atoms. The fourth-order valence-electron chi connectivity index (χ4n) is 2.92. The maximum absolute atomic E-state index is 5.51.